The number of amides is 1. The molecule has 1 saturated heterocycles. The third-order valence-electron chi connectivity index (χ3n) is 2.42. The van der Waals surface area contributed by atoms with E-state index in [1.165, 1.54) is 0 Å². The number of nitrogens with two attached hydrogens (primary N) is 1. The van der Waals surface area contributed by atoms with Gasteiger partial charge in [0.25, 0.3) is 0 Å². The first kappa shape index (κ1) is 8.25. The third kappa shape index (κ3) is 1.04. The molecule has 2 N–H and O–H groups in total. The molecular weight excluding hydrogens is 168 g/mol. The summed E-state index contributed by atoms with van der Waals surface area (Å²) in [7, 11) is 1.82. The van der Waals surface area contributed by atoms with Gasteiger partial charge in [-0.25, -0.2) is 0 Å². The number of carbonyl (C=O) groups is 1. The highest BCUT2D eigenvalue weighted by atomic mass is 16.2. The normalized spacial score (nSPS) is 27.6. The lowest BCUT2D eigenvalue weighted by molar-refractivity contribution is -0.125. The van der Waals surface area contributed by atoms with Crippen LogP contribution in [0.2, 0.25) is 0 Å². The molecule has 1 fully saturated rings. The number of aromatic nitrogens is 2. The fourth-order valence-electron chi connectivity index (χ4n) is 1.54. The van der Waals surface area contributed by atoms with Crippen LogP contribution in [0.3, 0.4) is 0 Å². The molecule has 0 spiro atoms. The Kier molecular flexibility index (Phi) is 1.63. The van der Waals surface area contributed by atoms with Gasteiger partial charge in [-0.05, 0) is 6.92 Å². The van der Waals surface area contributed by atoms with Gasteiger partial charge in [-0.15, -0.1) is 0 Å². The highest BCUT2D eigenvalue weighted by molar-refractivity contribution is 6.04. The second-order valence-corrected chi connectivity index (χ2v) is 3.35. The maximum Gasteiger partial charge on any atom is 0.246 e. The van der Waals surface area contributed by atoms with E-state index in [4.69, 9.17) is 5.73 Å². The fourth-order valence-corrected chi connectivity index (χ4v) is 1.54. The number of aryl methyl sites for hydroxylation is 1. The Morgan fingerprint density at radius 2 is 2.31 bits per heavy atom. The Labute approximate surface area is 76.1 Å². The molecule has 5 heteroatoms. The van der Waals surface area contributed by atoms with Crippen molar-refractivity contribution in [2.75, 3.05) is 4.90 Å². The number of hydrogen-bond donors (Lipinski definition) is 1. The molecule has 1 aromatic rings. The molecule has 0 radical (unpaired) electrons. The van der Waals surface area contributed by atoms with Crippen LogP contribution < -0.4 is 10.6 Å². The summed E-state index contributed by atoms with van der Waals surface area (Å²) in [6.45, 7) is 1.93. The summed E-state index contributed by atoms with van der Waals surface area (Å²) in [5.41, 5.74) is 6.40. The van der Waals surface area contributed by atoms with Crippen LogP contribution in [0.1, 0.15) is 6.92 Å². The zero-order chi connectivity index (χ0) is 9.59. The Balaban J connectivity index is 2.24. The monoisotopic (exact) mass is 180 g/mol. The highest BCUT2D eigenvalue weighted by Gasteiger charge is 2.42. The number of anilines is 1. The Bertz CT molecular complexity index is 346. The molecule has 13 heavy (non-hydrogen) atoms. The predicted octanol–water partition coefficient (Wildman–Crippen LogP) is -0.518. The number of carbonyl (C=O) groups excluding carboxylic acids is 1. The van der Waals surface area contributed by atoms with E-state index in [-0.39, 0.29) is 18.0 Å². The van der Waals surface area contributed by atoms with Crippen molar-refractivity contribution in [1.29, 1.82) is 0 Å². The van der Waals surface area contributed by atoms with Crippen molar-refractivity contribution in [2.24, 2.45) is 12.8 Å². The average molecular weight is 180 g/mol. The van der Waals surface area contributed by atoms with Crippen molar-refractivity contribution in [3.05, 3.63) is 12.4 Å². The van der Waals surface area contributed by atoms with Gasteiger partial charge in [0.15, 0.2) is 0 Å². The van der Waals surface area contributed by atoms with E-state index in [0.717, 1.165) is 5.69 Å². The standard InChI is InChI=1S/C8H12N4O/c1-5-7(9)8(13)12(5)6-3-10-11(2)4-6/h3-5,7H,9H2,1-2H3/t5-,7-/m0/s1. The van der Waals surface area contributed by atoms with Gasteiger partial charge in [0.2, 0.25) is 5.91 Å². The van der Waals surface area contributed by atoms with Crippen LogP contribution in [-0.4, -0.2) is 27.8 Å². The zero-order valence-electron chi connectivity index (χ0n) is 7.64. The van der Waals surface area contributed by atoms with Crippen LogP contribution in [0.15, 0.2) is 12.4 Å². The van der Waals surface area contributed by atoms with E-state index < -0.39 is 0 Å². The minimum absolute atomic E-state index is 0.0273. The van der Waals surface area contributed by atoms with E-state index in [9.17, 15) is 4.79 Å². The molecule has 0 aliphatic carbocycles. The van der Waals surface area contributed by atoms with Gasteiger partial charge in [-0.2, -0.15) is 5.10 Å². The average Bonchev–Trinajstić information content (AvgIpc) is 2.51. The van der Waals surface area contributed by atoms with Gasteiger partial charge < -0.3 is 10.6 Å². The zero-order valence-corrected chi connectivity index (χ0v) is 7.64. The highest BCUT2D eigenvalue weighted by Crippen LogP contribution is 2.25. The molecule has 1 amide bonds. The lowest BCUT2D eigenvalue weighted by Gasteiger charge is -2.42. The van der Waals surface area contributed by atoms with E-state index in [0.29, 0.717) is 0 Å². The Hall–Kier alpha value is -1.36. The minimum Gasteiger partial charge on any atom is -0.318 e. The molecule has 70 valence electrons. The number of rotatable bonds is 1. The smallest absolute Gasteiger partial charge is 0.246 e. The summed E-state index contributed by atoms with van der Waals surface area (Å²) in [6, 6.07) is -0.267. The van der Waals surface area contributed by atoms with Crippen LogP contribution in [0.4, 0.5) is 5.69 Å². The summed E-state index contributed by atoms with van der Waals surface area (Å²) in [5, 5.41) is 4.00. The van der Waals surface area contributed by atoms with Gasteiger partial charge in [0, 0.05) is 13.2 Å². The van der Waals surface area contributed by atoms with Gasteiger partial charge in [-0.3, -0.25) is 9.48 Å². The van der Waals surface area contributed by atoms with E-state index in [2.05, 4.69) is 5.10 Å². The molecule has 2 heterocycles. The Morgan fingerprint density at radius 1 is 1.62 bits per heavy atom. The first-order valence-electron chi connectivity index (χ1n) is 4.18. The molecule has 0 unspecified atom stereocenters. The topological polar surface area (TPSA) is 64.2 Å². The van der Waals surface area contributed by atoms with E-state index >= 15 is 0 Å². The van der Waals surface area contributed by atoms with Crippen LogP contribution in [0.5, 0.6) is 0 Å². The van der Waals surface area contributed by atoms with Crippen molar-refractivity contribution in [2.45, 2.75) is 19.0 Å². The Morgan fingerprint density at radius 3 is 2.77 bits per heavy atom. The van der Waals surface area contributed by atoms with Crippen molar-refractivity contribution in [3.63, 3.8) is 0 Å². The van der Waals surface area contributed by atoms with Crippen molar-refractivity contribution in [1.82, 2.24) is 9.78 Å². The summed E-state index contributed by atoms with van der Waals surface area (Å²) < 4.78 is 1.67. The predicted molar refractivity (Wildman–Crippen MR) is 48.1 cm³/mol. The fraction of sp³-hybridized carbons (Fsp3) is 0.500. The largest absolute Gasteiger partial charge is 0.318 e. The summed E-state index contributed by atoms with van der Waals surface area (Å²) in [4.78, 5) is 13.0. The van der Waals surface area contributed by atoms with Gasteiger partial charge >= 0.3 is 0 Å². The van der Waals surface area contributed by atoms with Gasteiger partial charge in [0.1, 0.15) is 6.04 Å². The lowest BCUT2D eigenvalue weighted by atomic mass is 9.97. The maximum atomic E-state index is 11.3. The molecule has 0 aromatic carbocycles. The summed E-state index contributed by atoms with van der Waals surface area (Å²) in [5.74, 6) is -0.0273. The van der Waals surface area contributed by atoms with Crippen LogP contribution in [0.25, 0.3) is 0 Å². The molecule has 2 atom stereocenters. The molecule has 1 aliphatic heterocycles. The molecule has 1 aliphatic rings. The summed E-state index contributed by atoms with van der Waals surface area (Å²) in [6.07, 6.45) is 3.47. The molecule has 1 aromatic heterocycles. The van der Waals surface area contributed by atoms with Crippen molar-refractivity contribution in [3.8, 4) is 0 Å². The van der Waals surface area contributed by atoms with Gasteiger partial charge in [-0.1, -0.05) is 0 Å². The maximum absolute atomic E-state index is 11.3. The molecule has 2 rings (SSSR count). The molecule has 0 saturated carbocycles. The minimum atomic E-state index is -0.347. The van der Waals surface area contributed by atoms with Crippen LogP contribution in [-0.2, 0) is 11.8 Å². The quantitative estimate of drug-likeness (QED) is 0.591. The second-order valence-electron chi connectivity index (χ2n) is 3.35. The number of nitrogens with zero attached hydrogens (tertiary/aromatic N) is 3. The lowest BCUT2D eigenvalue weighted by Crippen LogP contribution is -2.67. The third-order valence-corrected chi connectivity index (χ3v) is 2.42. The van der Waals surface area contributed by atoms with Crippen LogP contribution >= 0.6 is 0 Å². The molecular formula is C8H12N4O. The molecule has 5 nitrogen and oxygen atoms in total. The number of hydrogen-bond acceptors (Lipinski definition) is 3. The SMILES string of the molecule is C[C@H]1[C@H](N)C(=O)N1c1cnn(C)c1. The van der Waals surface area contributed by atoms with Crippen molar-refractivity contribution >= 4 is 11.6 Å². The van der Waals surface area contributed by atoms with Crippen LogP contribution in [0, 0.1) is 0 Å². The van der Waals surface area contributed by atoms with E-state index in [1.807, 2.05) is 14.0 Å². The second kappa shape index (κ2) is 2.56. The molecule has 0 bridgehead atoms. The van der Waals surface area contributed by atoms with Gasteiger partial charge in [0.05, 0.1) is 17.9 Å². The van der Waals surface area contributed by atoms with Crippen molar-refractivity contribution < 1.29 is 4.79 Å². The first-order valence-corrected chi connectivity index (χ1v) is 4.18. The summed E-state index contributed by atoms with van der Waals surface area (Å²) >= 11 is 0. The first-order chi connectivity index (χ1) is 6.11. The number of β-lactam (4-membered cyclic amide) rings is 1. The van der Waals surface area contributed by atoms with E-state index in [1.54, 1.807) is 22.0 Å².